The number of nitrogens with one attached hydrogen (secondary N) is 2. The van der Waals surface area contributed by atoms with Gasteiger partial charge in [-0.15, -0.1) is 0 Å². The van der Waals surface area contributed by atoms with E-state index in [1.165, 1.54) is 12.8 Å². The van der Waals surface area contributed by atoms with Crippen LogP contribution in [0.15, 0.2) is 60.9 Å². The molecule has 0 aliphatic heterocycles. The van der Waals surface area contributed by atoms with Gasteiger partial charge in [0.15, 0.2) is 5.82 Å². The van der Waals surface area contributed by atoms with Crippen molar-refractivity contribution >= 4 is 11.7 Å². The Hall–Kier alpha value is -3.28. The van der Waals surface area contributed by atoms with Crippen molar-refractivity contribution in [3.8, 4) is 11.4 Å². The molecule has 6 nitrogen and oxygen atoms in total. The van der Waals surface area contributed by atoms with Gasteiger partial charge in [0.05, 0.1) is 0 Å². The molecule has 0 radical (unpaired) electrons. The highest BCUT2D eigenvalue weighted by atomic mass is 16.1. The molecule has 0 bridgehead atoms. The average molecular weight is 373 g/mol. The van der Waals surface area contributed by atoms with E-state index in [0.29, 0.717) is 23.9 Å². The van der Waals surface area contributed by atoms with E-state index in [-0.39, 0.29) is 11.9 Å². The van der Waals surface area contributed by atoms with E-state index in [0.717, 1.165) is 24.0 Å². The molecule has 1 aliphatic carbocycles. The molecule has 1 aromatic carbocycles. The number of carbonyl (C=O) groups excluding carboxylic acids is 1. The predicted octanol–water partition coefficient (Wildman–Crippen LogP) is 3.82. The minimum atomic E-state index is -0.140. The van der Waals surface area contributed by atoms with E-state index in [2.05, 4.69) is 25.6 Å². The van der Waals surface area contributed by atoms with Crippen LogP contribution in [0.1, 0.15) is 41.7 Å². The lowest BCUT2D eigenvalue weighted by atomic mass is 10.2. The molecular weight excluding hydrogens is 350 g/mol. The van der Waals surface area contributed by atoms with Crippen LogP contribution in [-0.2, 0) is 6.54 Å². The predicted molar refractivity (Wildman–Crippen MR) is 109 cm³/mol. The maximum absolute atomic E-state index is 12.8. The molecule has 2 N–H and O–H groups in total. The summed E-state index contributed by atoms with van der Waals surface area (Å²) in [5.74, 6) is 1.03. The number of carbonyl (C=O) groups is 1. The third-order valence-electron chi connectivity index (χ3n) is 4.90. The maximum atomic E-state index is 12.8. The third kappa shape index (κ3) is 4.52. The van der Waals surface area contributed by atoms with E-state index in [9.17, 15) is 4.79 Å². The van der Waals surface area contributed by atoms with Gasteiger partial charge < -0.3 is 10.6 Å². The van der Waals surface area contributed by atoms with Gasteiger partial charge >= 0.3 is 0 Å². The SMILES string of the molecule is O=C(NC1CCCC1)c1cc(NCc2ccncc2)nc(-c2ccccc2)n1. The highest BCUT2D eigenvalue weighted by molar-refractivity contribution is 5.93. The maximum Gasteiger partial charge on any atom is 0.270 e. The van der Waals surface area contributed by atoms with Gasteiger partial charge in [-0.25, -0.2) is 9.97 Å². The first-order chi connectivity index (χ1) is 13.8. The standard InChI is InChI=1S/C22H23N5O/c28-22(25-18-8-4-5-9-18)19-14-20(24-15-16-10-12-23-13-11-16)27-21(26-19)17-6-2-1-3-7-17/h1-3,6-7,10-14,18H,4-5,8-9,15H2,(H,25,28)(H,24,26,27). The first kappa shape index (κ1) is 18.1. The molecule has 28 heavy (non-hydrogen) atoms. The van der Waals surface area contributed by atoms with E-state index < -0.39 is 0 Å². The molecule has 1 amide bonds. The van der Waals surface area contributed by atoms with Crippen LogP contribution in [0.5, 0.6) is 0 Å². The summed E-state index contributed by atoms with van der Waals surface area (Å²) in [6, 6.07) is 15.6. The normalized spacial score (nSPS) is 14.0. The van der Waals surface area contributed by atoms with Gasteiger partial charge in [0.25, 0.3) is 5.91 Å². The Morgan fingerprint density at radius 3 is 2.50 bits per heavy atom. The number of rotatable bonds is 6. The van der Waals surface area contributed by atoms with Crippen LogP contribution >= 0.6 is 0 Å². The molecule has 0 saturated heterocycles. The van der Waals surface area contributed by atoms with Crippen LogP contribution in [0.2, 0.25) is 0 Å². The monoisotopic (exact) mass is 373 g/mol. The second kappa shape index (κ2) is 8.61. The molecule has 0 atom stereocenters. The topological polar surface area (TPSA) is 79.8 Å². The summed E-state index contributed by atoms with van der Waals surface area (Å²) in [5, 5.41) is 6.41. The molecule has 2 heterocycles. The first-order valence-corrected chi connectivity index (χ1v) is 9.66. The van der Waals surface area contributed by atoms with Gasteiger partial charge in [0.1, 0.15) is 11.5 Å². The molecule has 1 fully saturated rings. The van der Waals surface area contributed by atoms with Crippen LogP contribution in [-0.4, -0.2) is 26.9 Å². The fourth-order valence-corrected chi connectivity index (χ4v) is 3.39. The van der Waals surface area contributed by atoms with Gasteiger partial charge in [-0.1, -0.05) is 43.2 Å². The number of anilines is 1. The molecular formula is C22H23N5O. The lowest BCUT2D eigenvalue weighted by Gasteiger charge is -2.13. The van der Waals surface area contributed by atoms with Gasteiger partial charge in [-0.2, -0.15) is 0 Å². The summed E-state index contributed by atoms with van der Waals surface area (Å²) < 4.78 is 0. The summed E-state index contributed by atoms with van der Waals surface area (Å²) in [7, 11) is 0. The zero-order valence-corrected chi connectivity index (χ0v) is 15.6. The lowest BCUT2D eigenvalue weighted by molar-refractivity contribution is 0.0933. The van der Waals surface area contributed by atoms with Crippen molar-refractivity contribution in [3.63, 3.8) is 0 Å². The number of pyridine rings is 1. The molecule has 2 aromatic heterocycles. The van der Waals surface area contributed by atoms with Crippen molar-refractivity contribution in [2.24, 2.45) is 0 Å². The van der Waals surface area contributed by atoms with Crippen molar-refractivity contribution < 1.29 is 4.79 Å². The molecule has 0 spiro atoms. The van der Waals surface area contributed by atoms with Crippen LogP contribution in [0.4, 0.5) is 5.82 Å². The number of amides is 1. The Bertz CT molecular complexity index is 924. The largest absolute Gasteiger partial charge is 0.366 e. The zero-order valence-electron chi connectivity index (χ0n) is 15.6. The fourth-order valence-electron chi connectivity index (χ4n) is 3.39. The number of hydrogen-bond donors (Lipinski definition) is 2. The van der Waals surface area contributed by atoms with Crippen LogP contribution in [0, 0.1) is 0 Å². The smallest absolute Gasteiger partial charge is 0.270 e. The summed E-state index contributed by atoms with van der Waals surface area (Å²) in [6.45, 7) is 0.595. The van der Waals surface area contributed by atoms with E-state index in [4.69, 9.17) is 0 Å². The van der Waals surface area contributed by atoms with Crippen molar-refractivity contribution in [2.45, 2.75) is 38.3 Å². The highest BCUT2D eigenvalue weighted by Crippen LogP contribution is 2.20. The van der Waals surface area contributed by atoms with E-state index >= 15 is 0 Å². The molecule has 1 saturated carbocycles. The zero-order chi connectivity index (χ0) is 19.2. The highest BCUT2D eigenvalue weighted by Gasteiger charge is 2.20. The van der Waals surface area contributed by atoms with Crippen LogP contribution < -0.4 is 10.6 Å². The number of hydrogen-bond acceptors (Lipinski definition) is 5. The summed E-state index contributed by atoms with van der Waals surface area (Å²) in [6.07, 6.45) is 7.93. The molecule has 142 valence electrons. The van der Waals surface area contributed by atoms with Crippen molar-refractivity contribution in [3.05, 3.63) is 72.2 Å². The van der Waals surface area contributed by atoms with Crippen molar-refractivity contribution in [2.75, 3.05) is 5.32 Å². The Labute approximate surface area is 164 Å². The average Bonchev–Trinajstić information content (AvgIpc) is 3.26. The Morgan fingerprint density at radius 2 is 1.75 bits per heavy atom. The lowest BCUT2D eigenvalue weighted by Crippen LogP contribution is -2.33. The third-order valence-corrected chi connectivity index (χ3v) is 4.90. The Balaban J connectivity index is 1.59. The number of nitrogens with zero attached hydrogens (tertiary/aromatic N) is 3. The quantitative estimate of drug-likeness (QED) is 0.687. The van der Waals surface area contributed by atoms with Gasteiger partial charge in [-0.05, 0) is 30.5 Å². The molecule has 1 aliphatic rings. The Kier molecular flexibility index (Phi) is 5.56. The Morgan fingerprint density at radius 1 is 1.00 bits per heavy atom. The molecule has 0 unspecified atom stereocenters. The minimum absolute atomic E-state index is 0.140. The van der Waals surface area contributed by atoms with E-state index in [1.807, 2.05) is 42.5 Å². The number of aromatic nitrogens is 3. The van der Waals surface area contributed by atoms with Gasteiger partial charge in [0.2, 0.25) is 0 Å². The first-order valence-electron chi connectivity index (χ1n) is 9.66. The number of benzene rings is 1. The minimum Gasteiger partial charge on any atom is -0.366 e. The fraction of sp³-hybridized carbons (Fsp3) is 0.273. The van der Waals surface area contributed by atoms with Gasteiger partial charge in [0, 0.05) is 36.6 Å². The summed E-state index contributed by atoms with van der Waals surface area (Å²) in [4.78, 5) is 25.9. The second-order valence-electron chi connectivity index (χ2n) is 6.99. The summed E-state index contributed by atoms with van der Waals surface area (Å²) in [5.41, 5.74) is 2.36. The molecule has 6 heteroatoms. The van der Waals surface area contributed by atoms with Crippen LogP contribution in [0.25, 0.3) is 11.4 Å². The van der Waals surface area contributed by atoms with E-state index in [1.54, 1.807) is 18.5 Å². The molecule has 4 rings (SSSR count). The van der Waals surface area contributed by atoms with Crippen LogP contribution in [0.3, 0.4) is 0 Å². The second-order valence-corrected chi connectivity index (χ2v) is 6.99. The molecule has 3 aromatic rings. The van der Waals surface area contributed by atoms with Gasteiger partial charge in [-0.3, -0.25) is 9.78 Å². The van der Waals surface area contributed by atoms with Crippen molar-refractivity contribution in [1.82, 2.24) is 20.3 Å². The van der Waals surface area contributed by atoms with Crippen molar-refractivity contribution in [1.29, 1.82) is 0 Å². The summed E-state index contributed by atoms with van der Waals surface area (Å²) >= 11 is 0.